The molecule has 1 rings (SSSR count). The molecule has 0 aliphatic heterocycles. The lowest BCUT2D eigenvalue weighted by atomic mass is 10.3. The zero-order valence-electron chi connectivity index (χ0n) is 7.03. The summed E-state index contributed by atoms with van der Waals surface area (Å²) in [5.41, 5.74) is 5.97. The molecule has 2 N–H and O–H groups in total. The number of aliphatic imine (C=N–C) groups is 1. The lowest BCUT2D eigenvalue weighted by molar-refractivity contribution is 0.340. The first-order chi connectivity index (χ1) is 5.86. The van der Waals surface area contributed by atoms with Gasteiger partial charge in [-0.3, -0.25) is 0 Å². The summed E-state index contributed by atoms with van der Waals surface area (Å²) in [6.07, 6.45) is 1.27. The van der Waals surface area contributed by atoms with E-state index in [1.807, 2.05) is 31.2 Å². The van der Waals surface area contributed by atoms with Crippen LogP contribution >= 0.6 is 0 Å². The molecule has 0 bridgehead atoms. The Morgan fingerprint density at radius 2 is 2.08 bits per heavy atom. The Kier molecular flexibility index (Phi) is 3.14. The van der Waals surface area contributed by atoms with Crippen LogP contribution in [0.1, 0.15) is 6.92 Å². The minimum Gasteiger partial charge on any atom is -0.494 e. The molecule has 0 atom stereocenters. The number of benzene rings is 1. The lowest BCUT2D eigenvalue weighted by Crippen LogP contribution is -1.90. The highest BCUT2D eigenvalue weighted by molar-refractivity contribution is 5.59. The van der Waals surface area contributed by atoms with E-state index in [2.05, 4.69) is 4.99 Å². The average Bonchev–Trinajstić information content (AvgIpc) is 2.09. The van der Waals surface area contributed by atoms with Crippen LogP contribution < -0.4 is 10.5 Å². The number of hydrogen-bond donors (Lipinski definition) is 1. The molecule has 0 aromatic heterocycles. The van der Waals surface area contributed by atoms with Crippen LogP contribution in [-0.4, -0.2) is 12.9 Å². The van der Waals surface area contributed by atoms with Gasteiger partial charge in [0.25, 0.3) is 0 Å². The SMILES string of the molecule is CCOc1ccc(N=CN)cc1. The molecule has 0 saturated heterocycles. The van der Waals surface area contributed by atoms with Gasteiger partial charge in [-0.25, -0.2) is 4.99 Å². The Hall–Kier alpha value is -1.51. The van der Waals surface area contributed by atoms with Gasteiger partial charge in [0.1, 0.15) is 5.75 Å². The minimum absolute atomic E-state index is 0.680. The molecular formula is C9H12N2O. The second-order valence-corrected chi connectivity index (χ2v) is 2.21. The maximum atomic E-state index is 5.26. The molecule has 0 heterocycles. The number of ether oxygens (including phenoxy) is 1. The maximum absolute atomic E-state index is 5.26. The zero-order valence-corrected chi connectivity index (χ0v) is 7.03. The molecule has 0 unspecified atom stereocenters. The molecule has 0 radical (unpaired) electrons. The van der Waals surface area contributed by atoms with Gasteiger partial charge in [-0.2, -0.15) is 0 Å². The van der Waals surface area contributed by atoms with Gasteiger partial charge in [-0.1, -0.05) is 0 Å². The molecule has 1 aromatic rings. The molecule has 0 spiro atoms. The number of rotatable bonds is 3. The quantitative estimate of drug-likeness (QED) is 0.546. The van der Waals surface area contributed by atoms with Gasteiger partial charge in [0.15, 0.2) is 0 Å². The van der Waals surface area contributed by atoms with Crippen LogP contribution in [0.3, 0.4) is 0 Å². The highest BCUT2D eigenvalue weighted by Crippen LogP contribution is 2.17. The molecule has 1 aromatic carbocycles. The molecule has 3 nitrogen and oxygen atoms in total. The van der Waals surface area contributed by atoms with Crippen LogP contribution in [0.15, 0.2) is 29.3 Å². The standard InChI is InChI=1S/C9H12N2O/c1-2-12-9-5-3-8(4-6-9)11-7-10/h3-7H,2H2,1H3,(H2,10,11). The molecule has 64 valence electrons. The third kappa shape index (κ3) is 2.27. The van der Waals surface area contributed by atoms with Crippen molar-refractivity contribution in [1.82, 2.24) is 0 Å². The molecule has 0 saturated carbocycles. The van der Waals surface area contributed by atoms with Crippen LogP contribution in [-0.2, 0) is 0 Å². The Balaban J connectivity index is 2.71. The molecule has 12 heavy (non-hydrogen) atoms. The van der Waals surface area contributed by atoms with Crippen molar-refractivity contribution in [3.8, 4) is 5.75 Å². The summed E-state index contributed by atoms with van der Waals surface area (Å²) in [6.45, 7) is 2.63. The lowest BCUT2D eigenvalue weighted by Gasteiger charge is -2.01. The van der Waals surface area contributed by atoms with E-state index in [4.69, 9.17) is 10.5 Å². The van der Waals surface area contributed by atoms with Gasteiger partial charge in [0.2, 0.25) is 0 Å². The third-order valence-electron chi connectivity index (χ3n) is 1.37. The van der Waals surface area contributed by atoms with Gasteiger partial charge in [0.05, 0.1) is 18.6 Å². The van der Waals surface area contributed by atoms with Crippen molar-refractivity contribution in [1.29, 1.82) is 0 Å². The topological polar surface area (TPSA) is 47.6 Å². The van der Waals surface area contributed by atoms with Crippen molar-refractivity contribution in [2.24, 2.45) is 10.7 Å². The summed E-state index contributed by atoms with van der Waals surface area (Å²) in [5, 5.41) is 0. The van der Waals surface area contributed by atoms with E-state index >= 15 is 0 Å². The van der Waals surface area contributed by atoms with Crippen molar-refractivity contribution >= 4 is 12.0 Å². The van der Waals surface area contributed by atoms with Gasteiger partial charge in [0, 0.05) is 0 Å². The highest BCUT2D eigenvalue weighted by Gasteiger charge is 1.90. The Morgan fingerprint density at radius 3 is 2.58 bits per heavy atom. The first-order valence-electron chi connectivity index (χ1n) is 3.84. The molecule has 0 aliphatic carbocycles. The smallest absolute Gasteiger partial charge is 0.119 e. The van der Waals surface area contributed by atoms with Gasteiger partial charge < -0.3 is 10.5 Å². The van der Waals surface area contributed by atoms with Crippen molar-refractivity contribution < 1.29 is 4.74 Å². The summed E-state index contributed by atoms with van der Waals surface area (Å²) in [7, 11) is 0. The largest absolute Gasteiger partial charge is 0.494 e. The van der Waals surface area contributed by atoms with Gasteiger partial charge in [-0.15, -0.1) is 0 Å². The predicted molar refractivity (Wildman–Crippen MR) is 50.0 cm³/mol. The van der Waals surface area contributed by atoms with Crippen LogP contribution in [0.5, 0.6) is 5.75 Å². The van der Waals surface area contributed by atoms with E-state index in [0.717, 1.165) is 11.4 Å². The minimum atomic E-state index is 0.680. The molecule has 0 aliphatic rings. The fraction of sp³-hybridized carbons (Fsp3) is 0.222. The van der Waals surface area contributed by atoms with E-state index in [1.165, 1.54) is 6.34 Å². The van der Waals surface area contributed by atoms with Crippen molar-refractivity contribution in [3.05, 3.63) is 24.3 Å². The van der Waals surface area contributed by atoms with E-state index < -0.39 is 0 Å². The van der Waals surface area contributed by atoms with E-state index in [1.54, 1.807) is 0 Å². The molecule has 0 fully saturated rings. The fourth-order valence-corrected chi connectivity index (χ4v) is 0.881. The van der Waals surface area contributed by atoms with Crippen molar-refractivity contribution in [2.75, 3.05) is 6.61 Å². The summed E-state index contributed by atoms with van der Waals surface area (Å²) >= 11 is 0. The second-order valence-electron chi connectivity index (χ2n) is 2.21. The highest BCUT2D eigenvalue weighted by atomic mass is 16.5. The van der Waals surface area contributed by atoms with Crippen LogP contribution in [0.25, 0.3) is 0 Å². The molecule has 3 heteroatoms. The zero-order chi connectivity index (χ0) is 8.81. The summed E-state index contributed by atoms with van der Waals surface area (Å²) in [6, 6.07) is 7.44. The summed E-state index contributed by atoms with van der Waals surface area (Å²) in [4.78, 5) is 3.91. The van der Waals surface area contributed by atoms with E-state index in [9.17, 15) is 0 Å². The predicted octanol–water partition coefficient (Wildman–Crippen LogP) is 1.70. The number of nitrogens with two attached hydrogens (primary N) is 1. The average molecular weight is 164 g/mol. The van der Waals surface area contributed by atoms with E-state index in [-0.39, 0.29) is 0 Å². The first kappa shape index (κ1) is 8.59. The first-order valence-corrected chi connectivity index (χ1v) is 3.84. The number of nitrogens with zero attached hydrogens (tertiary/aromatic N) is 1. The van der Waals surface area contributed by atoms with Crippen molar-refractivity contribution in [2.45, 2.75) is 6.92 Å². The molecular weight excluding hydrogens is 152 g/mol. The Labute approximate surface area is 71.9 Å². The van der Waals surface area contributed by atoms with Gasteiger partial charge in [-0.05, 0) is 31.2 Å². The number of hydrogen-bond acceptors (Lipinski definition) is 2. The fourth-order valence-electron chi connectivity index (χ4n) is 0.881. The Bertz CT molecular complexity index is 254. The van der Waals surface area contributed by atoms with Gasteiger partial charge >= 0.3 is 0 Å². The van der Waals surface area contributed by atoms with E-state index in [0.29, 0.717) is 6.61 Å². The normalized spacial score (nSPS) is 10.4. The third-order valence-corrected chi connectivity index (χ3v) is 1.37. The molecule has 0 amide bonds. The van der Waals surface area contributed by atoms with Crippen LogP contribution in [0, 0.1) is 0 Å². The van der Waals surface area contributed by atoms with Crippen molar-refractivity contribution in [3.63, 3.8) is 0 Å². The van der Waals surface area contributed by atoms with Crippen LogP contribution in [0.2, 0.25) is 0 Å². The maximum Gasteiger partial charge on any atom is 0.119 e. The Morgan fingerprint density at radius 1 is 1.42 bits per heavy atom. The van der Waals surface area contributed by atoms with Crippen LogP contribution in [0.4, 0.5) is 5.69 Å². The second kappa shape index (κ2) is 4.38. The summed E-state index contributed by atoms with van der Waals surface area (Å²) in [5.74, 6) is 0.855. The summed E-state index contributed by atoms with van der Waals surface area (Å²) < 4.78 is 5.26. The monoisotopic (exact) mass is 164 g/mol.